The lowest BCUT2D eigenvalue weighted by Gasteiger charge is -2.10. The molecule has 3 N–H and O–H groups in total. The van der Waals surface area contributed by atoms with Crippen molar-refractivity contribution in [1.82, 2.24) is 5.32 Å². The molecule has 0 spiro atoms. The molecule has 0 radical (unpaired) electrons. The highest BCUT2D eigenvalue weighted by atomic mass is 35.5. The Morgan fingerprint density at radius 3 is 2.46 bits per heavy atom. The molecule has 0 bridgehead atoms. The Morgan fingerprint density at radius 1 is 1.12 bits per heavy atom. The number of methoxy groups -OCH3 is 1. The molecular formula is C18H21ClN2O3. The Kier molecular flexibility index (Phi) is 7.06. The Balaban J connectivity index is 1.81. The summed E-state index contributed by atoms with van der Waals surface area (Å²) < 4.78 is 5.06. The summed E-state index contributed by atoms with van der Waals surface area (Å²) in [6.45, 7) is 1.07. The number of benzene rings is 2. The first kappa shape index (κ1) is 18.3. The van der Waals surface area contributed by atoms with E-state index < -0.39 is 0 Å². The molecule has 24 heavy (non-hydrogen) atoms. The van der Waals surface area contributed by atoms with Gasteiger partial charge < -0.3 is 20.5 Å². The number of hydrogen-bond donors (Lipinski definition) is 3. The van der Waals surface area contributed by atoms with E-state index in [-0.39, 0.29) is 19.1 Å². The van der Waals surface area contributed by atoms with Gasteiger partial charge in [0.25, 0.3) is 0 Å². The first-order valence-electron chi connectivity index (χ1n) is 7.59. The second-order valence-corrected chi connectivity index (χ2v) is 5.76. The largest absolute Gasteiger partial charge is 0.392 e. The van der Waals surface area contributed by atoms with Gasteiger partial charge in [0.2, 0.25) is 5.91 Å². The fourth-order valence-corrected chi connectivity index (χ4v) is 2.35. The van der Waals surface area contributed by atoms with Crippen LogP contribution in [0.3, 0.4) is 0 Å². The van der Waals surface area contributed by atoms with E-state index in [4.69, 9.17) is 21.4 Å². The lowest BCUT2D eigenvalue weighted by atomic mass is 10.1. The first-order chi connectivity index (χ1) is 11.6. The Bertz CT molecular complexity index is 674. The molecule has 0 unspecified atom stereocenters. The molecule has 2 aromatic carbocycles. The number of anilines is 1. The standard InChI is InChI=1S/C18H21ClN2O3/c1-24-12-14-4-2-13(3-5-14)9-21-18(23)10-20-17-8-15(11-22)6-7-16(17)19/h2-8,20,22H,9-12H2,1H3,(H,21,23). The molecule has 5 nitrogen and oxygen atoms in total. The van der Waals surface area contributed by atoms with Gasteiger partial charge in [-0.25, -0.2) is 0 Å². The molecule has 1 amide bonds. The molecular weight excluding hydrogens is 328 g/mol. The number of amides is 1. The van der Waals surface area contributed by atoms with Crippen molar-refractivity contribution in [2.75, 3.05) is 19.0 Å². The summed E-state index contributed by atoms with van der Waals surface area (Å²) in [5.41, 5.74) is 3.47. The first-order valence-corrected chi connectivity index (χ1v) is 7.96. The van der Waals surface area contributed by atoms with Crippen LogP contribution in [0.4, 0.5) is 5.69 Å². The molecule has 0 aliphatic heterocycles. The molecule has 0 heterocycles. The van der Waals surface area contributed by atoms with Crippen LogP contribution in [-0.4, -0.2) is 24.7 Å². The van der Waals surface area contributed by atoms with E-state index >= 15 is 0 Å². The highest BCUT2D eigenvalue weighted by Gasteiger charge is 2.05. The van der Waals surface area contributed by atoms with Gasteiger partial charge in [0.15, 0.2) is 0 Å². The van der Waals surface area contributed by atoms with Crippen LogP contribution in [0.15, 0.2) is 42.5 Å². The molecule has 6 heteroatoms. The highest BCUT2D eigenvalue weighted by molar-refractivity contribution is 6.33. The maximum atomic E-state index is 11.9. The molecule has 0 aromatic heterocycles. The van der Waals surface area contributed by atoms with Gasteiger partial charge in [-0.2, -0.15) is 0 Å². The summed E-state index contributed by atoms with van der Waals surface area (Å²) >= 11 is 6.06. The van der Waals surface area contributed by atoms with E-state index in [0.717, 1.165) is 16.7 Å². The number of rotatable bonds is 8. The monoisotopic (exact) mass is 348 g/mol. The van der Waals surface area contributed by atoms with Gasteiger partial charge in [-0.3, -0.25) is 4.79 Å². The normalized spacial score (nSPS) is 10.5. The second kappa shape index (κ2) is 9.27. The van der Waals surface area contributed by atoms with Crippen molar-refractivity contribution in [3.8, 4) is 0 Å². The zero-order valence-corrected chi connectivity index (χ0v) is 14.3. The van der Waals surface area contributed by atoms with E-state index in [1.807, 2.05) is 24.3 Å². The van der Waals surface area contributed by atoms with Crippen LogP contribution in [0, 0.1) is 0 Å². The summed E-state index contributed by atoms with van der Waals surface area (Å²) in [4.78, 5) is 11.9. The Hall–Kier alpha value is -2.08. The van der Waals surface area contributed by atoms with E-state index in [2.05, 4.69) is 10.6 Å². The number of nitrogens with one attached hydrogen (secondary N) is 2. The number of halogens is 1. The molecule has 0 aliphatic carbocycles. The minimum atomic E-state index is -0.138. The van der Waals surface area contributed by atoms with E-state index in [9.17, 15) is 4.79 Å². The number of aliphatic hydroxyl groups excluding tert-OH is 1. The van der Waals surface area contributed by atoms with Gasteiger partial charge in [0, 0.05) is 13.7 Å². The summed E-state index contributed by atoms with van der Waals surface area (Å²) in [5.74, 6) is -0.138. The Morgan fingerprint density at radius 2 is 1.79 bits per heavy atom. The van der Waals surface area contributed by atoms with Crippen molar-refractivity contribution in [2.45, 2.75) is 19.8 Å². The van der Waals surface area contributed by atoms with Crippen LogP contribution in [0.25, 0.3) is 0 Å². The molecule has 0 fully saturated rings. The van der Waals surface area contributed by atoms with Gasteiger partial charge in [-0.1, -0.05) is 41.9 Å². The fourth-order valence-electron chi connectivity index (χ4n) is 2.16. The molecule has 2 rings (SSSR count). The van der Waals surface area contributed by atoms with Gasteiger partial charge in [-0.15, -0.1) is 0 Å². The summed E-state index contributed by atoms with van der Waals surface area (Å²) in [5, 5.41) is 15.5. The third-order valence-corrected chi connectivity index (χ3v) is 3.81. The average molecular weight is 349 g/mol. The molecule has 128 valence electrons. The van der Waals surface area contributed by atoms with Crippen LogP contribution in [0.2, 0.25) is 5.02 Å². The lowest BCUT2D eigenvalue weighted by molar-refractivity contribution is -0.119. The van der Waals surface area contributed by atoms with Gasteiger partial charge >= 0.3 is 0 Å². The fraction of sp³-hybridized carbons (Fsp3) is 0.278. The maximum Gasteiger partial charge on any atom is 0.239 e. The van der Waals surface area contributed by atoms with Crippen molar-refractivity contribution < 1.29 is 14.6 Å². The topological polar surface area (TPSA) is 70.6 Å². The quantitative estimate of drug-likeness (QED) is 0.686. The highest BCUT2D eigenvalue weighted by Crippen LogP contribution is 2.22. The number of carbonyl (C=O) groups is 1. The average Bonchev–Trinajstić information content (AvgIpc) is 2.60. The van der Waals surface area contributed by atoms with Crippen LogP contribution in [0.5, 0.6) is 0 Å². The van der Waals surface area contributed by atoms with Gasteiger partial charge in [0.1, 0.15) is 0 Å². The summed E-state index contributed by atoms with van der Waals surface area (Å²) in [6.07, 6.45) is 0. The van der Waals surface area contributed by atoms with Crippen molar-refractivity contribution in [3.05, 3.63) is 64.2 Å². The molecule has 0 atom stereocenters. The molecule has 2 aromatic rings. The second-order valence-electron chi connectivity index (χ2n) is 5.35. The maximum absolute atomic E-state index is 11.9. The number of carbonyl (C=O) groups excluding carboxylic acids is 1. The third-order valence-electron chi connectivity index (χ3n) is 3.48. The predicted octanol–water partition coefficient (Wildman–Crippen LogP) is 2.71. The minimum Gasteiger partial charge on any atom is -0.392 e. The summed E-state index contributed by atoms with van der Waals surface area (Å²) in [7, 11) is 1.66. The van der Waals surface area contributed by atoms with Crippen LogP contribution in [-0.2, 0) is 29.3 Å². The van der Waals surface area contributed by atoms with Crippen LogP contribution >= 0.6 is 11.6 Å². The number of ether oxygens (including phenoxy) is 1. The zero-order chi connectivity index (χ0) is 17.4. The molecule has 0 saturated carbocycles. The summed E-state index contributed by atoms with van der Waals surface area (Å²) in [6, 6.07) is 13.0. The van der Waals surface area contributed by atoms with Gasteiger partial charge in [-0.05, 0) is 28.8 Å². The number of aliphatic hydroxyl groups is 1. The van der Waals surface area contributed by atoms with Crippen molar-refractivity contribution in [1.29, 1.82) is 0 Å². The van der Waals surface area contributed by atoms with E-state index in [0.29, 0.717) is 23.9 Å². The van der Waals surface area contributed by atoms with Crippen molar-refractivity contribution in [3.63, 3.8) is 0 Å². The van der Waals surface area contributed by atoms with Crippen molar-refractivity contribution >= 4 is 23.2 Å². The SMILES string of the molecule is COCc1ccc(CNC(=O)CNc2cc(CO)ccc2Cl)cc1. The smallest absolute Gasteiger partial charge is 0.239 e. The third kappa shape index (κ3) is 5.53. The minimum absolute atomic E-state index is 0.0723. The lowest BCUT2D eigenvalue weighted by Crippen LogP contribution is -2.29. The molecule has 0 aliphatic rings. The predicted molar refractivity (Wildman–Crippen MR) is 94.9 cm³/mol. The van der Waals surface area contributed by atoms with E-state index in [1.165, 1.54) is 0 Å². The zero-order valence-electron chi connectivity index (χ0n) is 13.5. The van der Waals surface area contributed by atoms with Crippen LogP contribution < -0.4 is 10.6 Å². The van der Waals surface area contributed by atoms with Crippen molar-refractivity contribution in [2.24, 2.45) is 0 Å². The van der Waals surface area contributed by atoms with Crippen LogP contribution in [0.1, 0.15) is 16.7 Å². The van der Waals surface area contributed by atoms with E-state index in [1.54, 1.807) is 25.3 Å². The van der Waals surface area contributed by atoms with Gasteiger partial charge in [0.05, 0.1) is 30.5 Å². The molecule has 0 saturated heterocycles. The number of hydrogen-bond acceptors (Lipinski definition) is 4. The Labute approximate surface area is 146 Å².